The van der Waals surface area contributed by atoms with Crippen LogP contribution in [0.3, 0.4) is 0 Å². The van der Waals surface area contributed by atoms with E-state index in [4.69, 9.17) is 4.74 Å². The van der Waals surface area contributed by atoms with E-state index in [1.807, 2.05) is 31.2 Å². The summed E-state index contributed by atoms with van der Waals surface area (Å²) in [5.41, 5.74) is 2.60. The van der Waals surface area contributed by atoms with E-state index >= 15 is 0 Å². The Morgan fingerprint density at radius 2 is 2.12 bits per heavy atom. The molecule has 3 aromatic rings. The Labute approximate surface area is 143 Å². The zero-order chi connectivity index (χ0) is 16.9. The number of carbonyl (C=O) groups is 1. The Morgan fingerprint density at radius 3 is 2.79 bits per heavy atom. The van der Waals surface area contributed by atoms with Crippen molar-refractivity contribution >= 4 is 17.2 Å². The van der Waals surface area contributed by atoms with Crippen LogP contribution in [0.15, 0.2) is 36.8 Å². The third-order valence-corrected chi connectivity index (χ3v) is 4.51. The van der Waals surface area contributed by atoms with Gasteiger partial charge in [-0.2, -0.15) is 0 Å². The molecular formula is C17H18N4O2S. The Morgan fingerprint density at radius 1 is 1.33 bits per heavy atom. The predicted molar refractivity (Wildman–Crippen MR) is 93.5 cm³/mol. The highest BCUT2D eigenvalue weighted by Gasteiger charge is 2.18. The quantitative estimate of drug-likeness (QED) is 0.722. The largest absolute Gasteiger partial charge is 0.497 e. The molecule has 24 heavy (non-hydrogen) atoms. The summed E-state index contributed by atoms with van der Waals surface area (Å²) >= 11 is 1.40. The molecule has 2 aromatic heterocycles. The standard InChI is InChI=1S/C17H18N4O2S/c1-11-21-15(12-3-5-14(23-2)6-4-12)16(24-11)17(22)19-8-7-13-9-18-10-20-13/h3-6,9-10H,7-8H2,1-2H3,(H,18,20)(H,19,22). The molecule has 124 valence electrons. The summed E-state index contributed by atoms with van der Waals surface area (Å²) in [4.78, 5) is 24.6. The van der Waals surface area contributed by atoms with Crippen LogP contribution in [-0.2, 0) is 6.42 Å². The van der Waals surface area contributed by atoms with Gasteiger partial charge in [-0.15, -0.1) is 11.3 Å². The van der Waals surface area contributed by atoms with Gasteiger partial charge in [0.15, 0.2) is 0 Å². The highest BCUT2D eigenvalue weighted by Crippen LogP contribution is 2.29. The highest BCUT2D eigenvalue weighted by molar-refractivity contribution is 7.14. The molecule has 0 bridgehead atoms. The van der Waals surface area contributed by atoms with Crippen molar-refractivity contribution in [3.05, 3.63) is 52.4 Å². The van der Waals surface area contributed by atoms with Crippen molar-refractivity contribution in [2.75, 3.05) is 13.7 Å². The van der Waals surface area contributed by atoms with Gasteiger partial charge in [0, 0.05) is 30.4 Å². The molecule has 0 atom stereocenters. The van der Waals surface area contributed by atoms with Gasteiger partial charge < -0.3 is 15.0 Å². The molecule has 0 saturated heterocycles. The molecule has 0 unspecified atom stereocenters. The fourth-order valence-corrected chi connectivity index (χ4v) is 3.20. The number of amides is 1. The first-order valence-electron chi connectivity index (χ1n) is 7.54. The van der Waals surface area contributed by atoms with E-state index in [-0.39, 0.29) is 5.91 Å². The molecule has 2 N–H and O–H groups in total. The van der Waals surface area contributed by atoms with Gasteiger partial charge in [0.1, 0.15) is 10.6 Å². The predicted octanol–water partition coefficient (Wildman–Crippen LogP) is 2.82. The molecule has 0 saturated carbocycles. The summed E-state index contributed by atoms with van der Waals surface area (Å²) in [5.74, 6) is 0.669. The minimum atomic E-state index is -0.106. The molecule has 6 nitrogen and oxygen atoms in total. The minimum absolute atomic E-state index is 0.106. The Kier molecular flexibility index (Phi) is 4.90. The number of thiazole rings is 1. The number of H-pyrrole nitrogens is 1. The second-order valence-electron chi connectivity index (χ2n) is 5.22. The van der Waals surface area contributed by atoms with Crippen molar-refractivity contribution in [1.29, 1.82) is 0 Å². The van der Waals surface area contributed by atoms with Gasteiger partial charge in [0.25, 0.3) is 5.91 Å². The van der Waals surface area contributed by atoms with E-state index in [0.717, 1.165) is 22.0 Å². The third-order valence-electron chi connectivity index (χ3n) is 3.54. The number of methoxy groups -OCH3 is 1. The first kappa shape index (κ1) is 16.2. The molecule has 1 aromatic carbocycles. The SMILES string of the molecule is COc1ccc(-c2nc(C)sc2C(=O)NCCc2cnc[nH]2)cc1. The molecule has 0 aliphatic carbocycles. The Balaban J connectivity index is 1.73. The van der Waals surface area contributed by atoms with Crippen LogP contribution in [-0.4, -0.2) is 34.5 Å². The lowest BCUT2D eigenvalue weighted by atomic mass is 10.1. The summed E-state index contributed by atoms with van der Waals surface area (Å²) in [5, 5.41) is 3.80. The van der Waals surface area contributed by atoms with E-state index in [1.54, 1.807) is 19.6 Å². The lowest BCUT2D eigenvalue weighted by Gasteiger charge is -2.05. The molecule has 0 radical (unpaired) electrons. The topological polar surface area (TPSA) is 79.9 Å². The number of aromatic nitrogens is 3. The fraction of sp³-hybridized carbons (Fsp3) is 0.235. The second-order valence-corrected chi connectivity index (χ2v) is 6.43. The van der Waals surface area contributed by atoms with Crippen LogP contribution < -0.4 is 10.1 Å². The van der Waals surface area contributed by atoms with Crippen LogP contribution >= 0.6 is 11.3 Å². The molecule has 0 aliphatic heterocycles. The van der Waals surface area contributed by atoms with Crippen LogP contribution in [0.4, 0.5) is 0 Å². The fourth-order valence-electron chi connectivity index (χ4n) is 2.34. The molecule has 2 heterocycles. The van der Waals surface area contributed by atoms with Crippen LogP contribution in [0, 0.1) is 6.92 Å². The number of aryl methyl sites for hydroxylation is 1. The number of hydrogen-bond donors (Lipinski definition) is 2. The number of rotatable bonds is 6. The summed E-state index contributed by atoms with van der Waals surface area (Å²) in [6.07, 6.45) is 4.10. The van der Waals surface area contributed by atoms with Crippen molar-refractivity contribution in [2.45, 2.75) is 13.3 Å². The maximum Gasteiger partial charge on any atom is 0.263 e. The molecule has 0 aliphatic rings. The van der Waals surface area contributed by atoms with Gasteiger partial charge in [-0.3, -0.25) is 4.79 Å². The normalized spacial score (nSPS) is 10.6. The Hall–Kier alpha value is -2.67. The average Bonchev–Trinajstić information content (AvgIpc) is 3.24. The minimum Gasteiger partial charge on any atom is -0.497 e. The van der Waals surface area contributed by atoms with Gasteiger partial charge in [-0.05, 0) is 31.2 Å². The average molecular weight is 342 g/mol. The van der Waals surface area contributed by atoms with Crippen molar-refractivity contribution < 1.29 is 9.53 Å². The van der Waals surface area contributed by atoms with E-state index in [1.165, 1.54) is 11.3 Å². The number of benzene rings is 1. The van der Waals surface area contributed by atoms with E-state index < -0.39 is 0 Å². The number of imidazole rings is 1. The van der Waals surface area contributed by atoms with E-state index in [9.17, 15) is 4.79 Å². The molecular weight excluding hydrogens is 324 g/mol. The number of nitrogens with one attached hydrogen (secondary N) is 2. The number of ether oxygens (including phenoxy) is 1. The monoisotopic (exact) mass is 342 g/mol. The van der Waals surface area contributed by atoms with Crippen LogP contribution in [0.2, 0.25) is 0 Å². The summed E-state index contributed by atoms with van der Waals surface area (Å²) < 4.78 is 5.17. The number of carbonyl (C=O) groups excluding carboxylic acids is 1. The smallest absolute Gasteiger partial charge is 0.263 e. The Bertz CT molecular complexity index is 810. The van der Waals surface area contributed by atoms with Crippen molar-refractivity contribution in [3.8, 4) is 17.0 Å². The maximum absolute atomic E-state index is 12.5. The molecule has 3 rings (SSSR count). The van der Waals surface area contributed by atoms with Gasteiger partial charge >= 0.3 is 0 Å². The zero-order valence-corrected chi connectivity index (χ0v) is 14.3. The molecule has 0 fully saturated rings. The lowest BCUT2D eigenvalue weighted by Crippen LogP contribution is -2.25. The summed E-state index contributed by atoms with van der Waals surface area (Å²) in [6, 6.07) is 7.55. The van der Waals surface area contributed by atoms with Crippen molar-refractivity contribution in [3.63, 3.8) is 0 Å². The highest BCUT2D eigenvalue weighted by atomic mass is 32.1. The number of hydrogen-bond acceptors (Lipinski definition) is 5. The number of aromatic amines is 1. The second kappa shape index (κ2) is 7.27. The first-order chi connectivity index (χ1) is 11.7. The van der Waals surface area contributed by atoms with Crippen molar-refractivity contribution in [1.82, 2.24) is 20.3 Å². The zero-order valence-electron chi connectivity index (χ0n) is 13.5. The molecule has 7 heteroatoms. The summed E-state index contributed by atoms with van der Waals surface area (Å²) in [7, 11) is 1.63. The van der Waals surface area contributed by atoms with Crippen LogP contribution in [0.5, 0.6) is 5.75 Å². The molecule has 1 amide bonds. The maximum atomic E-state index is 12.5. The van der Waals surface area contributed by atoms with Gasteiger partial charge in [-0.25, -0.2) is 9.97 Å². The van der Waals surface area contributed by atoms with Crippen LogP contribution in [0.25, 0.3) is 11.3 Å². The van der Waals surface area contributed by atoms with Gasteiger partial charge in [0.05, 0.1) is 24.1 Å². The third kappa shape index (κ3) is 3.62. The van der Waals surface area contributed by atoms with Crippen LogP contribution in [0.1, 0.15) is 20.4 Å². The number of nitrogens with zero attached hydrogens (tertiary/aromatic N) is 2. The van der Waals surface area contributed by atoms with Crippen molar-refractivity contribution in [2.24, 2.45) is 0 Å². The first-order valence-corrected chi connectivity index (χ1v) is 8.36. The van der Waals surface area contributed by atoms with Gasteiger partial charge in [0.2, 0.25) is 0 Å². The van der Waals surface area contributed by atoms with E-state index in [2.05, 4.69) is 20.3 Å². The lowest BCUT2D eigenvalue weighted by molar-refractivity contribution is 0.0958. The van der Waals surface area contributed by atoms with Gasteiger partial charge in [-0.1, -0.05) is 0 Å². The molecule has 0 spiro atoms. The summed E-state index contributed by atoms with van der Waals surface area (Å²) in [6.45, 7) is 2.44. The van der Waals surface area contributed by atoms with E-state index in [0.29, 0.717) is 23.5 Å².